The molecule has 2 fully saturated rings. The van der Waals surface area contributed by atoms with Crippen LogP contribution in [0, 0.1) is 12.8 Å². The van der Waals surface area contributed by atoms with Crippen LogP contribution in [0.25, 0.3) is 0 Å². The van der Waals surface area contributed by atoms with Crippen LogP contribution >= 0.6 is 11.3 Å². The summed E-state index contributed by atoms with van der Waals surface area (Å²) >= 11 is 1.81. The molecular weight excluding hydrogens is 320 g/mol. The molecule has 0 unspecified atom stereocenters. The Kier molecular flexibility index (Phi) is 4.29. The molecule has 4 rings (SSSR count). The fourth-order valence-corrected chi connectivity index (χ4v) is 4.34. The van der Waals surface area contributed by atoms with Crippen LogP contribution in [0.5, 0.6) is 0 Å². The van der Waals surface area contributed by atoms with Gasteiger partial charge >= 0.3 is 0 Å². The summed E-state index contributed by atoms with van der Waals surface area (Å²) in [5.74, 6) is 0.673. The Morgan fingerprint density at radius 1 is 1.25 bits per heavy atom. The molecule has 4 nitrogen and oxygen atoms in total. The Labute approximate surface area is 146 Å². The van der Waals surface area contributed by atoms with Crippen LogP contribution in [-0.4, -0.2) is 32.2 Å². The second-order valence-corrected chi connectivity index (χ2v) is 7.86. The topological polar surface area (TPSA) is 41.6 Å². The van der Waals surface area contributed by atoms with E-state index in [1.54, 1.807) is 0 Å². The summed E-state index contributed by atoms with van der Waals surface area (Å²) in [6.07, 6.45) is 0.967. The van der Waals surface area contributed by atoms with Crippen molar-refractivity contribution in [2.75, 3.05) is 36.5 Å². The van der Waals surface area contributed by atoms with Crippen molar-refractivity contribution in [2.45, 2.75) is 19.3 Å². The van der Waals surface area contributed by atoms with Gasteiger partial charge in [0.25, 0.3) is 0 Å². The number of aryl methyl sites for hydroxylation is 1. The lowest BCUT2D eigenvalue weighted by Crippen LogP contribution is -2.36. The third-order valence-corrected chi connectivity index (χ3v) is 5.88. The number of carbonyl (C=O) groups excluding carboxylic acids is 1. The van der Waals surface area contributed by atoms with Crippen molar-refractivity contribution < 1.29 is 9.53 Å². The highest BCUT2D eigenvalue weighted by Crippen LogP contribution is 2.50. The number of rotatable bonds is 4. The molecule has 0 spiro atoms. The van der Waals surface area contributed by atoms with Gasteiger partial charge in [-0.1, -0.05) is 6.07 Å². The Hall–Kier alpha value is -1.85. The SMILES string of the molecule is Cc1ccc([C@H]2C[C@H]2C(=O)Nc2cccc(N3CCOCC3)c2)s1. The predicted octanol–water partition coefficient (Wildman–Crippen LogP) is 3.64. The van der Waals surface area contributed by atoms with E-state index in [-0.39, 0.29) is 11.8 Å². The molecule has 1 aliphatic carbocycles. The number of nitrogens with zero attached hydrogens (tertiary/aromatic N) is 1. The van der Waals surface area contributed by atoms with E-state index in [1.165, 1.54) is 9.75 Å². The van der Waals surface area contributed by atoms with Crippen LogP contribution in [0.15, 0.2) is 36.4 Å². The number of ether oxygens (including phenoxy) is 1. The van der Waals surface area contributed by atoms with Crippen molar-refractivity contribution in [1.29, 1.82) is 0 Å². The average molecular weight is 342 g/mol. The Morgan fingerprint density at radius 2 is 2.08 bits per heavy atom. The Morgan fingerprint density at radius 3 is 2.83 bits per heavy atom. The van der Waals surface area contributed by atoms with Gasteiger partial charge in [0.05, 0.1) is 13.2 Å². The van der Waals surface area contributed by atoms with Gasteiger partial charge in [-0.2, -0.15) is 0 Å². The highest BCUT2D eigenvalue weighted by Gasteiger charge is 2.44. The first-order valence-electron chi connectivity index (χ1n) is 8.51. The molecule has 1 N–H and O–H groups in total. The van der Waals surface area contributed by atoms with Gasteiger partial charge in [0.1, 0.15) is 0 Å². The summed E-state index contributed by atoms with van der Waals surface area (Å²) in [4.78, 5) is 17.5. The van der Waals surface area contributed by atoms with Crippen molar-refractivity contribution in [3.63, 3.8) is 0 Å². The van der Waals surface area contributed by atoms with Crippen LogP contribution in [0.3, 0.4) is 0 Å². The molecule has 1 aromatic heterocycles. The van der Waals surface area contributed by atoms with Gasteiger partial charge in [-0.3, -0.25) is 4.79 Å². The van der Waals surface area contributed by atoms with Crippen molar-refractivity contribution in [1.82, 2.24) is 0 Å². The molecule has 24 heavy (non-hydrogen) atoms. The Balaban J connectivity index is 1.39. The smallest absolute Gasteiger partial charge is 0.228 e. The van der Waals surface area contributed by atoms with E-state index in [0.29, 0.717) is 5.92 Å². The fourth-order valence-electron chi connectivity index (χ4n) is 3.29. The van der Waals surface area contributed by atoms with Gasteiger partial charge in [-0.05, 0) is 43.7 Å². The molecule has 0 bridgehead atoms. The third-order valence-electron chi connectivity index (χ3n) is 4.74. The predicted molar refractivity (Wildman–Crippen MR) is 98.0 cm³/mol. The highest BCUT2D eigenvalue weighted by atomic mass is 32.1. The van der Waals surface area contributed by atoms with Gasteiger partial charge in [-0.15, -0.1) is 11.3 Å². The lowest BCUT2D eigenvalue weighted by atomic mass is 10.2. The largest absolute Gasteiger partial charge is 0.378 e. The van der Waals surface area contributed by atoms with E-state index >= 15 is 0 Å². The first kappa shape index (κ1) is 15.7. The number of nitrogens with one attached hydrogen (secondary N) is 1. The first-order valence-corrected chi connectivity index (χ1v) is 9.32. The zero-order valence-corrected chi connectivity index (χ0v) is 14.6. The van der Waals surface area contributed by atoms with Gasteiger partial charge in [0.2, 0.25) is 5.91 Å². The molecule has 2 aliphatic rings. The lowest BCUT2D eigenvalue weighted by Gasteiger charge is -2.29. The zero-order chi connectivity index (χ0) is 16.5. The minimum absolute atomic E-state index is 0.120. The first-order chi connectivity index (χ1) is 11.7. The van der Waals surface area contributed by atoms with Gasteiger partial charge in [-0.25, -0.2) is 0 Å². The van der Waals surface area contributed by atoms with E-state index in [1.807, 2.05) is 23.5 Å². The Bertz CT molecular complexity index is 736. The monoisotopic (exact) mass is 342 g/mol. The van der Waals surface area contributed by atoms with E-state index < -0.39 is 0 Å². The van der Waals surface area contributed by atoms with E-state index in [0.717, 1.165) is 44.1 Å². The molecule has 1 aromatic carbocycles. The lowest BCUT2D eigenvalue weighted by molar-refractivity contribution is -0.117. The molecule has 5 heteroatoms. The summed E-state index contributed by atoms with van der Waals surface area (Å²) in [5.41, 5.74) is 2.04. The molecule has 1 amide bonds. The number of hydrogen-bond donors (Lipinski definition) is 1. The molecule has 2 heterocycles. The molecule has 1 saturated carbocycles. The minimum atomic E-state index is 0.120. The quantitative estimate of drug-likeness (QED) is 0.922. The maximum absolute atomic E-state index is 12.5. The summed E-state index contributed by atoms with van der Waals surface area (Å²) < 4.78 is 5.40. The number of thiophene rings is 1. The van der Waals surface area contributed by atoms with Crippen LogP contribution < -0.4 is 10.2 Å². The second-order valence-electron chi connectivity index (χ2n) is 6.54. The van der Waals surface area contributed by atoms with Crippen LogP contribution in [0.1, 0.15) is 22.1 Å². The van der Waals surface area contributed by atoms with E-state index in [4.69, 9.17) is 4.74 Å². The minimum Gasteiger partial charge on any atom is -0.378 e. The molecule has 2 aromatic rings. The highest BCUT2D eigenvalue weighted by molar-refractivity contribution is 7.12. The van der Waals surface area contributed by atoms with Crippen molar-refractivity contribution in [3.05, 3.63) is 46.2 Å². The number of hydrogen-bond acceptors (Lipinski definition) is 4. The maximum atomic E-state index is 12.5. The fraction of sp³-hybridized carbons (Fsp3) is 0.421. The van der Waals surface area contributed by atoms with Crippen molar-refractivity contribution in [3.8, 4) is 0 Å². The standard InChI is InChI=1S/C19H22N2O2S/c1-13-5-6-18(24-13)16-12-17(16)19(22)20-14-3-2-4-15(11-14)21-7-9-23-10-8-21/h2-6,11,16-17H,7-10,12H2,1H3,(H,20,22)/t16-,17+/m0/s1. The normalized spacial score (nSPS) is 23.1. The van der Waals surface area contributed by atoms with E-state index in [9.17, 15) is 4.79 Å². The number of benzene rings is 1. The number of carbonyl (C=O) groups is 1. The molecule has 1 saturated heterocycles. The third kappa shape index (κ3) is 3.32. The summed E-state index contributed by atoms with van der Waals surface area (Å²) in [7, 11) is 0. The van der Waals surface area contributed by atoms with Crippen LogP contribution in [0.2, 0.25) is 0 Å². The second kappa shape index (κ2) is 6.57. The molecule has 126 valence electrons. The molecule has 1 aliphatic heterocycles. The van der Waals surface area contributed by atoms with Crippen molar-refractivity contribution >= 4 is 28.6 Å². The maximum Gasteiger partial charge on any atom is 0.228 e. The number of amides is 1. The molecular formula is C19H22N2O2S. The molecule has 0 radical (unpaired) electrons. The van der Waals surface area contributed by atoms with Crippen LogP contribution in [-0.2, 0) is 9.53 Å². The number of anilines is 2. The van der Waals surface area contributed by atoms with Crippen LogP contribution in [0.4, 0.5) is 11.4 Å². The van der Waals surface area contributed by atoms with E-state index in [2.05, 4.69) is 41.4 Å². The van der Waals surface area contributed by atoms with Crippen molar-refractivity contribution in [2.24, 2.45) is 5.92 Å². The summed E-state index contributed by atoms with van der Waals surface area (Å²) in [6, 6.07) is 12.4. The van der Waals surface area contributed by atoms with Gasteiger partial charge in [0.15, 0.2) is 0 Å². The zero-order valence-electron chi connectivity index (χ0n) is 13.8. The molecule has 2 atom stereocenters. The van der Waals surface area contributed by atoms with Gasteiger partial charge in [0, 0.05) is 46.1 Å². The summed E-state index contributed by atoms with van der Waals surface area (Å²) in [6.45, 7) is 5.45. The average Bonchev–Trinajstić information content (AvgIpc) is 3.30. The summed E-state index contributed by atoms with van der Waals surface area (Å²) in [5, 5.41) is 3.10. The van der Waals surface area contributed by atoms with Gasteiger partial charge < -0.3 is 15.0 Å². The number of morpholine rings is 1.